The first-order valence-corrected chi connectivity index (χ1v) is 12.1. The van der Waals surface area contributed by atoms with E-state index >= 15 is 0 Å². The molecule has 3 aromatic rings. The number of nitrogens with one attached hydrogen (secondary N) is 3. The van der Waals surface area contributed by atoms with Crippen molar-refractivity contribution >= 4 is 33.5 Å². The maximum absolute atomic E-state index is 12.9. The normalized spacial score (nSPS) is 10.8. The van der Waals surface area contributed by atoms with Gasteiger partial charge in [-0.25, -0.2) is 13.2 Å². The fourth-order valence-corrected chi connectivity index (χ4v) is 4.51. The van der Waals surface area contributed by atoms with Crippen LogP contribution >= 0.6 is 0 Å². The summed E-state index contributed by atoms with van der Waals surface area (Å²) in [6.07, 6.45) is 0. The van der Waals surface area contributed by atoms with Crippen LogP contribution in [0, 0.1) is 20.8 Å². The minimum Gasteiger partial charge on any atom is -0.452 e. The predicted molar refractivity (Wildman–Crippen MR) is 130 cm³/mol. The molecule has 9 nitrogen and oxygen atoms in total. The van der Waals surface area contributed by atoms with Gasteiger partial charge in [-0.3, -0.25) is 25.2 Å². The zero-order valence-electron chi connectivity index (χ0n) is 19.4. The van der Waals surface area contributed by atoms with Crippen molar-refractivity contribution in [2.75, 3.05) is 11.3 Å². The summed E-state index contributed by atoms with van der Waals surface area (Å²) in [4.78, 5) is 36.8. The van der Waals surface area contributed by atoms with E-state index in [1.54, 1.807) is 56.3 Å². The summed E-state index contributed by atoms with van der Waals surface area (Å²) >= 11 is 0. The number of sulfonamides is 1. The van der Waals surface area contributed by atoms with Crippen LogP contribution in [-0.4, -0.2) is 32.8 Å². The van der Waals surface area contributed by atoms with E-state index in [2.05, 4.69) is 15.6 Å². The van der Waals surface area contributed by atoms with Gasteiger partial charge in [0.15, 0.2) is 6.61 Å². The van der Waals surface area contributed by atoms with Gasteiger partial charge in [-0.05, 0) is 62.2 Å². The van der Waals surface area contributed by atoms with Crippen molar-refractivity contribution in [1.82, 2.24) is 10.9 Å². The molecule has 0 radical (unpaired) electrons. The lowest BCUT2D eigenvalue weighted by Gasteiger charge is -2.14. The molecule has 10 heteroatoms. The van der Waals surface area contributed by atoms with E-state index in [4.69, 9.17) is 4.74 Å². The standard InChI is InChI=1S/C25H25N3O6S/c1-16-9-12-19(13-10-16)24(30)27-26-23(29)15-34-25(31)20-6-4-5-7-21(20)28-35(32,33)22-14-17(2)8-11-18(22)3/h4-14,28H,15H2,1-3H3,(H,26,29)(H,27,30). The van der Waals surface area contributed by atoms with E-state index in [0.717, 1.165) is 11.1 Å². The Bertz CT molecular complexity index is 1370. The molecule has 0 aliphatic carbocycles. The van der Waals surface area contributed by atoms with E-state index in [0.29, 0.717) is 11.1 Å². The number of esters is 1. The molecule has 35 heavy (non-hydrogen) atoms. The molecule has 0 aliphatic rings. The van der Waals surface area contributed by atoms with Crippen LogP contribution in [0.4, 0.5) is 5.69 Å². The number of ether oxygens (including phenoxy) is 1. The number of carbonyl (C=O) groups is 3. The van der Waals surface area contributed by atoms with E-state index < -0.39 is 34.4 Å². The highest BCUT2D eigenvalue weighted by atomic mass is 32.2. The molecule has 0 aromatic heterocycles. The molecule has 3 rings (SSSR count). The SMILES string of the molecule is Cc1ccc(C(=O)NNC(=O)COC(=O)c2ccccc2NS(=O)(=O)c2cc(C)ccc2C)cc1. The molecule has 2 amide bonds. The molecule has 182 valence electrons. The Balaban J connectivity index is 1.62. The number of hydrogen-bond donors (Lipinski definition) is 3. The molecule has 3 aromatic carbocycles. The Morgan fingerprint density at radius 1 is 0.829 bits per heavy atom. The number of hydrogen-bond acceptors (Lipinski definition) is 6. The van der Waals surface area contributed by atoms with Crippen molar-refractivity contribution in [3.63, 3.8) is 0 Å². The van der Waals surface area contributed by atoms with Gasteiger partial charge in [0.1, 0.15) is 0 Å². The number of para-hydroxylation sites is 1. The van der Waals surface area contributed by atoms with Gasteiger partial charge < -0.3 is 4.74 Å². The van der Waals surface area contributed by atoms with Gasteiger partial charge in [0.05, 0.1) is 16.1 Å². The van der Waals surface area contributed by atoms with Crippen LogP contribution < -0.4 is 15.6 Å². The number of amides is 2. The summed E-state index contributed by atoms with van der Waals surface area (Å²) in [6.45, 7) is 4.64. The van der Waals surface area contributed by atoms with Gasteiger partial charge in [-0.15, -0.1) is 0 Å². The van der Waals surface area contributed by atoms with Crippen molar-refractivity contribution in [3.05, 3.63) is 94.5 Å². The zero-order chi connectivity index (χ0) is 25.6. The van der Waals surface area contributed by atoms with E-state index in [9.17, 15) is 22.8 Å². The van der Waals surface area contributed by atoms with Crippen LogP contribution in [0.25, 0.3) is 0 Å². The summed E-state index contributed by atoms with van der Waals surface area (Å²) in [7, 11) is -3.99. The molecule has 0 atom stereocenters. The van der Waals surface area contributed by atoms with Crippen LogP contribution in [0.1, 0.15) is 37.4 Å². The quantitative estimate of drug-likeness (QED) is 0.341. The summed E-state index contributed by atoms with van der Waals surface area (Å²) in [5, 5.41) is 0. The van der Waals surface area contributed by atoms with E-state index in [1.807, 2.05) is 6.92 Å². The largest absolute Gasteiger partial charge is 0.452 e. The molecule has 0 spiro atoms. The first kappa shape index (κ1) is 25.4. The molecule has 0 bridgehead atoms. The second kappa shape index (κ2) is 10.8. The Labute approximate surface area is 203 Å². The summed E-state index contributed by atoms with van der Waals surface area (Å²) in [5.74, 6) is -2.22. The number of aryl methyl sites for hydroxylation is 3. The van der Waals surface area contributed by atoms with Gasteiger partial charge in [0.25, 0.3) is 21.8 Å². The third-order valence-corrected chi connectivity index (χ3v) is 6.50. The van der Waals surface area contributed by atoms with Gasteiger partial charge in [0.2, 0.25) is 0 Å². The van der Waals surface area contributed by atoms with Gasteiger partial charge >= 0.3 is 5.97 Å². The van der Waals surface area contributed by atoms with Gasteiger partial charge in [0, 0.05) is 5.56 Å². The first-order chi connectivity index (χ1) is 16.6. The highest BCUT2D eigenvalue weighted by Crippen LogP contribution is 2.23. The first-order valence-electron chi connectivity index (χ1n) is 10.6. The number of carbonyl (C=O) groups excluding carboxylic acids is 3. The number of anilines is 1. The third-order valence-electron chi connectivity index (χ3n) is 4.99. The smallest absolute Gasteiger partial charge is 0.340 e. The molecule has 0 unspecified atom stereocenters. The Kier molecular flexibility index (Phi) is 7.87. The second-order valence-corrected chi connectivity index (χ2v) is 9.52. The lowest BCUT2D eigenvalue weighted by atomic mass is 10.1. The van der Waals surface area contributed by atoms with Crippen LogP contribution in [-0.2, 0) is 19.6 Å². The lowest BCUT2D eigenvalue weighted by molar-refractivity contribution is -0.125. The maximum Gasteiger partial charge on any atom is 0.340 e. The van der Waals surface area contributed by atoms with Gasteiger partial charge in [-0.1, -0.05) is 42.0 Å². The van der Waals surface area contributed by atoms with Crippen molar-refractivity contribution in [1.29, 1.82) is 0 Å². The predicted octanol–water partition coefficient (Wildman–Crippen LogP) is 3.03. The molecular weight excluding hydrogens is 470 g/mol. The number of hydrazine groups is 1. The molecule has 0 saturated carbocycles. The Hall–Kier alpha value is -4.18. The molecule has 0 saturated heterocycles. The van der Waals surface area contributed by atoms with Crippen molar-refractivity contribution < 1.29 is 27.5 Å². The average molecular weight is 496 g/mol. The molecule has 0 fully saturated rings. The zero-order valence-corrected chi connectivity index (χ0v) is 20.2. The highest BCUT2D eigenvalue weighted by molar-refractivity contribution is 7.92. The molecule has 3 N–H and O–H groups in total. The fraction of sp³-hybridized carbons (Fsp3) is 0.160. The van der Waals surface area contributed by atoms with Crippen LogP contribution in [0.5, 0.6) is 0 Å². The molecule has 0 heterocycles. The van der Waals surface area contributed by atoms with Crippen molar-refractivity contribution in [2.24, 2.45) is 0 Å². The topological polar surface area (TPSA) is 131 Å². The fourth-order valence-electron chi connectivity index (χ4n) is 3.10. The highest BCUT2D eigenvalue weighted by Gasteiger charge is 2.21. The average Bonchev–Trinajstić information content (AvgIpc) is 2.83. The lowest BCUT2D eigenvalue weighted by Crippen LogP contribution is -2.43. The molecule has 0 aliphatic heterocycles. The number of benzene rings is 3. The summed E-state index contributed by atoms with van der Waals surface area (Å²) in [6, 6.07) is 17.6. The van der Waals surface area contributed by atoms with E-state index in [1.165, 1.54) is 24.3 Å². The third kappa shape index (κ3) is 6.67. The summed E-state index contributed by atoms with van der Waals surface area (Å²) in [5.41, 5.74) is 6.97. The van der Waals surface area contributed by atoms with Crippen molar-refractivity contribution in [3.8, 4) is 0 Å². The van der Waals surface area contributed by atoms with E-state index in [-0.39, 0.29) is 16.1 Å². The molecular formula is C25H25N3O6S. The van der Waals surface area contributed by atoms with Crippen LogP contribution in [0.15, 0.2) is 71.6 Å². The summed E-state index contributed by atoms with van der Waals surface area (Å²) < 4.78 is 33.3. The van der Waals surface area contributed by atoms with Crippen LogP contribution in [0.2, 0.25) is 0 Å². The Morgan fingerprint density at radius 3 is 2.20 bits per heavy atom. The number of rotatable bonds is 7. The minimum absolute atomic E-state index is 0.00601. The van der Waals surface area contributed by atoms with Gasteiger partial charge in [-0.2, -0.15) is 0 Å². The second-order valence-electron chi connectivity index (χ2n) is 7.86. The van der Waals surface area contributed by atoms with Crippen molar-refractivity contribution in [2.45, 2.75) is 25.7 Å². The maximum atomic E-state index is 12.9. The Morgan fingerprint density at radius 2 is 1.49 bits per heavy atom. The minimum atomic E-state index is -3.99. The van der Waals surface area contributed by atoms with Crippen LogP contribution in [0.3, 0.4) is 0 Å². The monoisotopic (exact) mass is 495 g/mol.